The Morgan fingerprint density at radius 1 is 1.13 bits per heavy atom. The Hall–Kier alpha value is -2.40. The zero-order valence-corrected chi connectivity index (χ0v) is 24.5. The molecule has 11 heteroatoms. The monoisotopic (exact) mass is 532 g/mol. The van der Waals surface area contributed by atoms with Gasteiger partial charge in [-0.3, -0.25) is 4.79 Å². The maximum absolute atomic E-state index is 13.5. The molecule has 0 spiro atoms. The van der Waals surface area contributed by atoms with Gasteiger partial charge in [0.2, 0.25) is 5.91 Å². The fourth-order valence-corrected chi connectivity index (χ4v) is 4.51. The molecule has 2 aliphatic heterocycles. The van der Waals surface area contributed by atoms with Crippen LogP contribution in [0.2, 0.25) is 0 Å². The molecular formula is C27H45BN4O6. The fourth-order valence-electron chi connectivity index (χ4n) is 4.51. The van der Waals surface area contributed by atoms with Crippen LogP contribution in [0.4, 0.5) is 4.79 Å². The molecule has 3 heterocycles. The molecule has 0 bridgehead atoms. The molecule has 10 nitrogen and oxygen atoms in total. The first-order valence-electron chi connectivity index (χ1n) is 13.7. The molecule has 2 fully saturated rings. The molecule has 0 radical (unpaired) electrons. The van der Waals surface area contributed by atoms with Crippen LogP contribution in [-0.2, 0) is 18.8 Å². The van der Waals surface area contributed by atoms with E-state index in [1.807, 2.05) is 46.4 Å². The second-order valence-electron chi connectivity index (χ2n) is 12.6. The maximum Gasteiger partial charge on any atom is 0.498 e. The lowest BCUT2D eigenvalue weighted by atomic mass is 9.81. The zero-order chi connectivity index (χ0) is 28.3. The molecule has 1 N–H and O–H groups in total. The summed E-state index contributed by atoms with van der Waals surface area (Å²) in [4.78, 5) is 36.4. The van der Waals surface area contributed by atoms with Gasteiger partial charge in [-0.25, -0.2) is 14.8 Å². The number of ether oxygens (including phenoxy) is 2. The predicted octanol–water partition coefficient (Wildman–Crippen LogP) is 3.48. The Labute approximate surface area is 227 Å². The summed E-state index contributed by atoms with van der Waals surface area (Å²) >= 11 is 0. The molecule has 2 saturated heterocycles. The van der Waals surface area contributed by atoms with Crippen LogP contribution in [-0.4, -0.2) is 76.0 Å². The van der Waals surface area contributed by atoms with E-state index in [0.29, 0.717) is 19.6 Å². The number of piperidine rings is 1. The summed E-state index contributed by atoms with van der Waals surface area (Å²) in [7, 11) is -0.529. The van der Waals surface area contributed by atoms with Gasteiger partial charge >= 0.3 is 19.2 Å². The lowest BCUT2D eigenvalue weighted by Crippen LogP contribution is -2.56. The Balaban J connectivity index is 1.56. The molecule has 2 aliphatic rings. The van der Waals surface area contributed by atoms with Crippen molar-refractivity contribution in [2.75, 3.05) is 13.2 Å². The average molecular weight is 532 g/mol. The third-order valence-corrected chi connectivity index (χ3v) is 7.37. The largest absolute Gasteiger partial charge is 0.498 e. The van der Waals surface area contributed by atoms with Crippen molar-refractivity contribution in [3.63, 3.8) is 0 Å². The van der Waals surface area contributed by atoms with E-state index in [1.165, 1.54) is 0 Å². The van der Waals surface area contributed by atoms with Crippen LogP contribution in [0, 0.1) is 5.92 Å². The maximum atomic E-state index is 13.5. The summed E-state index contributed by atoms with van der Waals surface area (Å²) in [6.45, 7) is 18.3. The minimum atomic E-state index is -0.655. The van der Waals surface area contributed by atoms with E-state index in [2.05, 4.69) is 15.3 Å². The molecule has 0 saturated carbocycles. The number of rotatable bonds is 8. The number of hydrogen-bond acceptors (Lipinski definition) is 8. The zero-order valence-electron chi connectivity index (χ0n) is 24.5. The SMILES string of the molecule is CC(C)[C@@H](NC(=O)OC(C)(C)C)C(=O)N1CCCC[C@@H]1CCOc1ncc(B2OC(C)(C)C(C)(C)O2)cn1. The van der Waals surface area contributed by atoms with Gasteiger partial charge in [0.15, 0.2) is 0 Å². The van der Waals surface area contributed by atoms with Crippen LogP contribution in [0.1, 0.15) is 88.0 Å². The highest BCUT2D eigenvalue weighted by Gasteiger charge is 2.52. The summed E-state index contributed by atoms with van der Waals surface area (Å²) in [6.07, 6.45) is 6.25. The molecule has 38 heavy (non-hydrogen) atoms. The van der Waals surface area contributed by atoms with E-state index >= 15 is 0 Å². The number of amides is 2. The minimum absolute atomic E-state index is 0.0157. The van der Waals surface area contributed by atoms with Gasteiger partial charge in [-0.05, 0) is 73.6 Å². The first-order chi connectivity index (χ1) is 17.6. The summed E-state index contributed by atoms with van der Waals surface area (Å²) in [5, 5.41) is 2.79. The molecule has 0 aliphatic carbocycles. The summed E-state index contributed by atoms with van der Waals surface area (Å²) in [6, 6.07) is -0.371. The fraction of sp³-hybridized carbons (Fsp3) is 0.778. The number of aromatic nitrogens is 2. The first kappa shape index (κ1) is 30.2. The number of nitrogens with zero attached hydrogens (tertiary/aromatic N) is 3. The molecule has 212 valence electrons. The Kier molecular flexibility index (Phi) is 9.34. The molecule has 1 aromatic rings. The number of alkyl carbamates (subject to hydrolysis) is 1. The topological polar surface area (TPSA) is 112 Å². The first-order valence-corrected chi connectivity index (χ1v) is 13.7. The molecule has 2 atom stereocenters. The van der Waals surface area contributed by atoms with Crippen molar-refractivity contribution in [2.24, 2.45) is 5.92 Å². The van der Waals surface area contributed by atoms with E-state index in [0.717, 1.165) is 24.7 Å². The van der Waals surface area contributed by atoms with Gasteiger partial charge < -0.3 is 29.0 Å². The van der Waals surface area contributed by atoms with Crippen LogP contribution >= 0.6 is 0 Å². The van der Waals surface area contributed by atoms with Crippen molar-refractivity contribution in [3.05, 3.63) is 12.4 Å². The van der Waals surface area contributed by atoms with E-state index in [1.54, 1.807) is 33.2 Å². The molecule has 1 aromatic heterocycles. The highest BCUT2D eigenvalue weighted by atomic mass is 16.7. The van der Waals surface area contributed by atoms with Crippen molar-refractivity contribution < 1.29 is 28.4 Å². The molecule has 0 aromatic carbocycles. The van der Waals surface area contributed by atoms with Gasteiger partial charge in [-0.15, -0.1) is 0 Å². The number of nitrogens with one attached hydrogen (secondary N) is 1. The Morgan fingerprint density at radius 3 is 2.29 bits per heavy atom. The number of carbonyl (C=O) groups is 2. The van der Waals surface area contributed by atoms with Crippen molar-refractivity contribution in [1.82, 2.24) is 20.2 Å². The molecular weight excluding hydrogens is 487 g/mol. The van der Waals surface area contributed by atoms with Crippen LogP contribution in [0.15, 0.2) is 12.4 Å². The van der Waals surface area contributed by atoms with E-state index in [4.69, 9.17) is 18.8 Å². The highest BCUT2D eigenvalue weighted by Crippen LogP contribution is 2.36. The van der Waals surface area contributed by atoms with Crippen molar-refractivity contribution in [3.8, 4) is 6.01 Å². The highest BCUT2D eigenvalue weighted by molar-refractivity contribution is 6.61. The van der Waals surface area contributed by atoms with Crippen LogP contribution in [0.5, 0.6) is 6.01 Å². The van der Waals surface area contributed by atoms with Gasteiger partial charge in [0.05, 0.1) is 17.8 Å². The lowest BCUT2D eigenvalue weighted by molar-refractivity contribution is -0.138. The van der Waals surface area contributed by atoms with Crippen LogP contribution < -0.4 is 15.5 Å². The van der Waals surface area contributed by atoms with Crippen molar-refractivity contribution >= 4 is 24.6 Å². The minimum Gasteiger partial charge on any atom is -0.463 e. The molecule has 3 rings (SSSR count). The number of likely N-dealkylation sites (tertiary alicyclic amines) is 1. The van der Waals surface area contributed by atoms with Gasteiger partial charge in [0, 0.05) is 36.9 Å². The standard InChI is InChI=1S/C27H45BN4O6/c1-18(2)21(31-24(34)36-25(3,4)5)22(33)32-14-11-10-12-20(32)13-15-35-23-29-16-19(17-30-23)28-37-26(6,7)27(8,9)38-28/h16-18,20-21H,10-15H2,1-9H3,(H,31,34)/t20-,21-/m1/s1. The second kappa shape index (κ2) is 11.8. The molecule has 0 unspecified atom stereocenters. The van der Waals surface area contributed by atoms with Gasteiger partial charge in [0.25, 0.3) is 0 Å². The molecule has 2 amide bonds. The third-order valence-electron chi connectivity index (χ3n) is 7.37. The predicted molar refractivity (Wildman–Crippen MR) is 145 cm³/mol. The summed E-state index contributed by atoms with van der Waals surface area (Å²) < 4.78 is 23.3. The van der Waals surface area contributed by atoms with E-state index in [-0.39, 0.29) is 23.9 Å². The van der Waals surface area contributed by atoms with Crippen molar-refractivity contribution in [1.29, 1.82) is 0 Å². The van der Waals surface area contributed by atoms with E-state index < -0.39 is 36.1 Å². The normalized spacial score (nSPS) is 21.8. The summed E-state index contributed by atoms with van der Waals surface area (Å²) in [5.41, 5.74) is -0.776. The lowest BCUT2D eigenvalue weighted by Gasteiger charge is -2.39. The van der Waals surface area contributed by atoms with Crippen LogP contribution in [0.25, 0.3) is 0 Å². The van der Waals surface area contributed by atoms with Gasteiger partial charge in [0.1, 0.15) is 11.6 Å². The summed E-state index contributed by atoms with van der Waals surface area (Å²) in [5.74, 6) is -0.164. The average Bonchev–Trinajstić information content (AvgIpc) is 3.03. The van der Waals surface area contributed by atoms with E-state index in [9.17, 15) is 9.59 Å². The number of hydrogen-bond donors (Lipinski definition) is 1. The third kappa shape index (κ3) is 7.59. The number of carbonyl (C=O) groups excluding carboxylic acids is 2. The van der Waals surface area contributed by atoms with Gasteiger partial charge in [-0.1, -0.05) is 13.8 Å². The quantitative estimate of drug-likeness (QED) is 0.507. The second-order valence-corrected chi connectivity index (χ2v) is 12.6. The smallest absolute Gasteiger partial charge is 0.463 e. The Morgan fingerprint density at radius 2 is 1.74 bits per heavy atom. The Bertz CT molecular complexity index is 947. The van der Waals surface area contributed by atoms with Crippen LogP contribution in [0.3, 0.4) is 0 Å². The van der Waals surface area contributed by atoms with Crippen molar-refractivity contribution in [2.45, 2.75) is 117 Å². The van der Waals surface area contributed by atoms with Gasteiger partial charge in [-0.2, -0.15) is 0 Å².